The molecule has 0 atom stereocenters. The van der Waals surface area contributed by atoms with Gasteiger partial charge in [0.05, 0.1) is 31.4 Å². The van der Waals surface area contributed by atoms with Crippen LogP contribution >= 0.6 is 0 Å². The van der Waals surface area contributed by atoms with Gasteiger partial charge in [-0.25, -0.2) is 4.98 Å². The number of carbonyl (C=O) groups excluding carboxylic acids is 1. The van der Waals surface area contributed by atoms with E-state index in [9.17, 15) is 4.79 Å². The first-order chi connectivity index (χ1) is 7.77. The molecule has 0 unspecified atom stereocenters. The average Bonchev–Trinajstić information content (AvgIpc) is 2.74. The number of nitrogens with one attached hydrogen (secondary N) is 1. The van der Waals surface area contributed by atoms with E-state index in [1.165, 1.54) is 0 Å². The normalized spacial score (nSPS) is 10.4. The topological polar surface area (TPSA) is 76.4 Å². The van der Waals surface area contributed by atoms with E-state index in [-0.39, 0.29) is 12.5 Å². The summed E-state index contributed by atoms with van der Waals surface area (Å²) < 4.78 is 6.58. The number of aliphatic hydroxyl groups excluding tert-OH is 1. The van der Waals surface area contributed by atoms with E-state index in [1.807, 2.05) is 0 Å². The van der Waals surface area contributed by atoms with Crippen LogP contribution in [0, 0.1) is 0 Å². The second kappa shape index (κ2) is 6.97. The first kappa shape index (κ1) is 12.7. The van der Waals surface area contributed by atoms with E-state index in [4.69, 9.17) is 9.84 Å². The van der Waals surface area contributed by atoms with Crippen LogP contribution in [0.2, 0.25) is 0 Å². The van der Waals surface area contributed by atoms with Crippen molar-refractivity contribution in [2.24, 2.45) is 0 Å². The molecule has 90 valence electrons. The quantitative estimate of drug-likeness (QED) is 0.617. The van der Waals surface area contributed by atoms with Gasteiger partial charge in [0.15, 0.2) is 0 Å². The fraction of sp³-hybridized carbons (Fsp3) is 0.600. The summed E-state index contributed by atoms with van der Waals surface area (Å²) in [7, 11) is 1.59. The molecule has 0 fully saturated rings. The summed E-state index contributed by atoms with van der Waals surface area (Å²) in [6.45, 7) is 1.49. The van der Waals surface area contributed by atoms with E-state index < -0.39 is 0 Å². The average molecular weight is 227 g/mol. The van der Waals surface area contributed by atoms with Gasteiger partial charge in [-0.05, 0) is 0 Å². The van der Waals surface area contributed by atoms with Gasteiger partial charge in [0.1, 0.15) is 0 Å². The lowest BCUT2D eigenvalue weighted by atomic mass is 10.3. The van der Waals surface area contributed by atoms with Gasteiger partial charge < -0.3 is 19.7 Å². The van der Waals surface area contributed by atoms with E-state index in [2.05, 4.69) is 10.3 Å². The standard InChI is InChI=1S/C10H17N3O3/c1-16-5-3-12-10(15)2-4-13-8-11-6-9(13)7-14/h6,8,14H,2-5,7H2,1H3,(H,12,15). The van der Waals surface area contributed by atoms with E-state index >= 15 is 0 Å². The number of aryl methyl sites for hydroxylation is 1. The van der Waals surface area contributed by atoms with Gasteiger partial charge in [-0.15, -0.1) is 0 Å². The summed E-state index contributed by atoms with van der Waals surface area (Å²) in [6.07, 6.45) is 3.56. The number of imidazole rings is 1. The number of hydrogen-bond acceptors (Lipinski definition) is 4. The number of aliphatic hydroxyl groups is 1. The minimum atomic E-state index is -0.0642. The zero-order valence-corrected chi connectivity index (χ0v) is 9.35. The van der Waals surface area contributed by atoms with E-state index in [0.29, 0.717) is 31.8 Å². The molecule has 6 heteroatoms. The Labute approximate surface area is 94.2 Å². The van der Waals surface area contributed by atoms with Crippen molar-refractivity contribution >= 4 is 5.91 Å². The van der Waals surface area contributed by atoms with Gasteiger partial charge in [-0.3, -0.25) is 4.79 Å². The number of methoxy groups -OCH3 is 1. The lowest BCUT2D eigenvalue weighted by Crippen LogP contribution is -2.27. The molecule has 1 aromatic rings. The van der Waals surface area contributed by atoms with Crippen LogP contribution in [-0.2, 0) is 22.7 Å². The third-order valence-electron chi connectivity index (χ3n) is 2.17. The predicted octanol–water partition coefficient (Wildman–Crippen LogP) is -0.472. The lowest BCUT2D eigenvalue weighted by molar-refractivity contribution is -0.121. The zero-order chi connectivity index (χ0) is 11.8. The molecule has 1 rings (SSSR count). The SMILES string of the molecule is COCCNC(=O)CCn1cncc1CO. The second-order valence-corrected chi connectivity index (χ2v) is 3.33. The summed E-state index contributed by atoms with van der Waals surface area (Å²) in [6, 6.07) is 0. The molecule has 16 heavy (non-hydrogen) atoms. The van der Waals surface area contributed by atoms with Crippen LogP contribution in [-0.4, -0.2) is 40.8 Å². The number of amides is 1. The van der Waals surface area contributed by atoms with Crippen LogP contribution in [0.4, 0.5) is 0 Å². The molecule has 0 aliphatic carbocycles. The van der Waals surface area contributed by atoms with Gasteiger partial charge in [-0.2, -0.15) is 0 Å². The summed E-state index contributed by atoms with van der Waals surface area (Å²) in [4.78, 5) is 15.2. The maximum absolute atomic E-state index is 11.3. The van der Waals surface area contributed by atoms with Crippen molar-refractivity contribution in [3.8, 4) is 0 Å². The van der Waals surface area contributed by atoms with Gasteiger partial charge in [0, 0.05) is 26.6 Å². The van der Waals surface area contributed by atoms with Crippen LogP contribution in [0.1, 0.15) is 12.1 Å². The highest BCUT2D eigenvalue weighted by Crippen LogP contribution is 2.00. The molecule has 6 nitrogen and oxygen atoms in total. The third-order valence-corrected chi connectivity index (χ3v) is 2.17. The molecule has 0 radical (unpaired) electrons. The Morgan fingerprint density at radius 1 is 1.69 bits per heavy atom. The van der Waals surface area contributed by atoms with Crippen molar-refractivity contribution in [2.75, 3.05) is 20.3 Å². The molecular weight excluding hydrogens is 210 g/mol. The maximum Gasteiger partial charge on any atom is 0.221 e. The highest BCUT2D eigenvalue weighted by molar-refractivity contribution is 5.75. The van der Waals surface area contributed by atoms with E-state index in [0.717, 1.165) is 0 Å². The van der Waals surface area contributed by atoms with Crippen molar-refractivity contribution in [3.05, 3.63) is 18.2 Å². The first-order valence-electron chi connectivity index (χ1n) is 5.13. The van der Waals surface area contributed by atoms with E-state index in [1.54, 1.807) is 24.2 Å². The Morgan fingerprint density at radius 2 is 2.50 bits per heavy atom. The predicted molar refractivity (Wildman–Crippen MR) is 57.7 cm³/mol. The van der Waals surface area contributed by atoms with Crippen molar-refractivity contribution in [2.45, 2.75) is 19.6 Å². The molecule has 0 aliphatic rings. The number of nitrogens with zero attached hydrogens (tertiary/aromatic N) is 2. The molecule has 0 bridgehead atoms. The molecule has 0 saturated heterocycles. The molecular formula is C10H17N3O3. The van der Waals surface area contributed by atoms with Crippen molar-refractivity contribution < 1.29 is 14.6 Å². The highest BCUT2D eigenvalue weighted by atomic mass is 16.5. The smallest absolute Gasteiger partial charge is 0.221 e. The molecule has 0 spiro atoms. The summed E-state index contributed by atoms with van der Waals surface area (Å²) in [5.41, 5.74) is 0.713. The molecule has 1 amide bonds. The minimum Gasteiger partial charge on any atom is -0.390 e. The molecule has 0 aliphatic heterocycles. The fourth-order valence-corrected chi connectivity index (χ4v) is 1.28. The van der Waals surface area contributed by atoms with Crippen molar-refractivity contribution in [3.63, 3.8) is 0 Å². The minimum absolute atomic E-state index is 0.0327. The monoisotopic (exact) mass is 227 g/mol. The number of carbonyl (C=O) groups is 1. The van der Waals surface area contributed by atoms with Crippen molar-refractivity contribution in [1.29, 1.82) is 0 Å². The van der Waals surface area contributed by atoms with Crippen LogP contribution < -0.4 is 5.32 Å². The number of rotatable bonds is 7. The number of ether oxygens (including phenoxy) is 1. The van der Waals surface area contributed by atoms with Crippen LogP contribution in [0.15, 0.2) is 12.5 Å². The second-order valence-electron chi connectivity index (χ2n) is 3.33. The highest BCUT2D eigenvalue weighted by Gasteiger charge is 2.04. The molecule has 1 heterocycles. The molecule has 0 aromatic carbocycles. The third kappa shape index (κ3) is 4.00. The first-order valence-corrected chi connectivity index (χ1v) is 5.13. The Kier molecular flexibility index (Phi) is 5.52. The molecule has 2 N–H and O–H groups in total. The summed E-state index contributed by atoms with van der Waals surface area (Å²) in [5.74, 6) is -0.0327. The summed E-state index contributed by atoms with van der Waals surface area (Å²) in [5, 5.41) is 11.7. The molecule has 1 aromatic heterocycles. The number of hydrogen-bond donors (Lipinski definition) is 2. The van der Waals surface area contributed by atoms with Crippen LogP contribution in [0.25, 0.3) is 0 Å². The number of aromatic nitrogens is 2. The van der Waals surface area contributed by atoms with Crippen LogP contribution in [0.5, 0.6) is 0 Å². The Hall–Kier alpha value is -1.40. The van der Waals surface area contributed by atoms with Gasteiger partial charge in [0.2, 0.25) is 5.91 Å². The zero-order valence-electron chi connectivity index (χ0n) is 9.35. The lowest BCUT2D eigenvalue weighted by Gasteiger charge is -2.07. The van der Waals surface area contributed by atoms with Gasteiger partial charge in [0.25, 0.3) is 0 Å². The van der Waals surface area contributed by atoms with Crippen molar-refractivity contribution in [1.82, 2.24) is 14.9 Å². The Morgan fingerprint density at radius 3 is 3.19 bits per heavy atom. The fourth-order valence-electron chi connectivity index (χ4n) is 1.28. The van der Waals surface area contributed by atoms with Crippen LogP contribution in [0.3, 0.4) is 0 Å². The maximum atomic E-state index is 11.3. The van der Waals surface area contributed by atoms with Gasteiger partial charge >= 0.3 is 0 Å². The summed E-state index contributed by atoms with van der Waals surface area (Å²) >= 11 is 0. The van der Waals surface area contributed by atoms with Gasteiger partial charge in [-0.1, -0.05) is 0 Å². The Bertz CT molecular complexity index is 325. The Balaban J connectivity index is 2.26. The molecule has 0 saturated carbocycles. The largest absolute Gasteiger partial charge is 0.390 e.